The minimum Gasteiger partial charge on any atom is -0.496 e. The first kappa shape index (κ1) is 22.0. The lowest BCUT2D eigenvalue weighted by Gasteiger charge is -2.08. The van der Waals surface area contributed by atoms with Crippen LogP contribution in [0.1, 0.15) is 5.69 Å². The van der Waals surface area contributed by atoms with E-state index in [-0.39, 0.29) is 18.0 Å². The maximum atomic E-state index is 14.1. The third kappa shape index (κ3) is 4.11. The fourth-order valence-corrected chi connectivity index (χ4v) is 5.38. The summed E-state index contributed by atoms with van der Waals surface area (Å²) in [6.07, 6.45) is 1.86. The van der Waals surface area contributed by atoms with Crippen molar-refractivity contribution in [3.05, 3.63) is 65.6 Å². The van der Waals surface area contributed by atoms with E-state index in [1.54, 1.807) is 38.5 Å². The van der Waals surface area contributed by atoms with Crippen LogP contribution < -0.4 is 14.9 Å². The van der Waals surface area contributed by atoms with Crippen LogP contribution in [-0.4, -0.2) is 34.4 Å². The number of fused-ring (bicyclic) bond motifs is 2. The van der Waals surface area contributed by atoms with Gasteiger partial charge in [-0.2, -0.15) is 0 Å². The van der Waals surface area contributed by atoms with Gasteiger partial charge in [0.2, 0.25) is 0 Å². The van der Waals surface area contributed by atoms with Gasteiger partial charge >= 0.3 is 0 Å². The molecule has 11 heteroatoms. The zero-order chi connectivity index (χ0) is 23.9. The molecule has 2 aromatic carbocycles. The number of hydrogen-bond acceptors (Lipinski definition) is 9. The Kier molecular flexibility index (Phi) is 5.59. The third-order valence-corrected chi connectivity index (χ3v) is 7.37. The number of ether oxygens (including phenoxy) is 3. The topological polar surface area (TPSA) is 83.6 Å². The molecule has 8 nitrogen and oxygen atoms in total. The number of benzene rings is 2. The maximum absolute atomic E-state index is 14.1. The summed E-state index contributed by atoms with van der Waals surface area (Å²) in [5.74, 6) is 1.50. The molecule has 178 valence electrons. The van der Waals surface area contributed by atoms with E-state index in [1.165, 1.54) is 29.2 Å². The van der Waals surface area contributed by atoms with Crippen molar-refractivity contribution in [2.75, 3.05) is 19.6 Å². The summed E-state index contributed by atoms with van der Waals surface area (Å²) < 4.78 is 38.9. The van der Waals surface area contributed by atoms with Crippen LogP contribution in [0, 0.1) is 5.82 Å². The van der Waals surface area contributed by atoms with Crippen LogP contribution in [0.4, 0.5) is 4.39 Å². The standard InChI is InChI=1S/C24H19FN4O4S2/c1-30-14-7-19(32-11-13-12-34-22(26-13)15-5-3-4-6-17(15)25)16-9-21(33-20(16)8-14)18-10-29-23(27-18)35-24(28-29)31-2/h3-10,12,24,28H,11H2,1-2H3. The molecule has 0 fully saturated rings. The normalized spacial score (nSPS) is 14.8. The first-order valence-corrected chi connectivity index (χ1v) is 12.4. The van der Waals surface area contributed by atoms with Gasteiger partial charge in [0.1, 0.15) is 40.2 Å². The second kappa shape index (κ2) is 8.91. The minimum absolute atomic E-state index is 0.170. The minimum atomic E-state index is -0.300. The number of hydrogen-bond donors (Lipinski definition) is 1. The van der Waals surface area contributed by atoms with Crippen molar-refractivity contribution in [2.45, 2.75) is 17.3 Å². The maximum Gasteiger partial charge on any atom is 0.196 e. The van der Waals surface area contributed by atoms with Gasteiger partial charge in [0.05, 0.1) is 24.4 Å². The fourth-order valence-electron chi connectivity index (χ4n) is 3.72. The molecule has 5 aromatic rings. The largest absolute Gasteiger partial charge is 0.496 e. The lowest BCUT2D eigenvalue weighted by Crippen LogP contribution is -2.19. The smallest absolute Gasteiger partial charge is 0.196 e. The Hall–Kier alpha value is -3.54. The summed E-state index contributed by atoms with van der Waals surface area (Å²) in [7, 11) is 3.23. The Morgan fingerprint density at radius 3 is 2.86 bits per heavy atom. The van der Waals surface area contributed by atoms with E-state index in [0.29, 0.717) is 44.8 Å². The molecule has 1 aliphatic heterocycles. The van der Waals surface area contributed by atoms with Gasteiger partial charge < -0.3 is 18.6 Å². The molecule has 1 atom stereocenters. The predicted molar refractivity (Wildman–Crippen MR) is 132 cm³/mol. The van der Waals surface area contributed by atoms with Gasteiger partial charge in [-0.3, -0.25) is 5.43 Å². The molecular formula is C24H19FN4O4S2. The van der Waals surface area contributed by atoms with Crippen molar-refractivity contribution in [3.8, 4) is 33.5 Å². The van der Waals surface area contributed by atoms with Gasteiger partial charge in [-0.1, -0.05) is 12.1 Å². The number of aromatic nitrogens is 3. The molecule has 4 heterocycles. The monoisotopic (exact) mass is 510 g/mol. The molecule has 0 bridgehead atoms. The molecule has 1 N–H and O–H groups in total. The molecule has 1 aliphatic rings. The van der Waals surface area contributed by atoms with Gasteiger partial charge in [0.25, 0.3) is 0 Å². The van der Waals surface area contributed by atoms with Crippen LogP contribution in [-0.2, 0) is 11.3 Å². The summed E-state index contributed by atoms with van der Waals surface area (Å²) in [5.41, 5.74) is 5.48. The Morgan fingerprint density at radius 2 is 2.06 bits per heavy atom. The molecule has 0 radical (unpaired) electrons. The number of nitrogens with zero attached hydrogens (tertiary/aromatic N) is 3. The molecule has 0 aliphatic carbocycles. The highest BCUT2D eigenvalue weighted by Crippen LogP contribution is 2.38. The van der Waals surface area contributed by atoms with Crippen molar-refractivity contribution < 1.29 is 23.0 Å². The number of rotatable bonds is 7. The van der Waals surface area contributed by atoms with E-state index in [9.17, 15) is 4.39 Å². The average molecular weight is 511 g/mol. The Bertz CT molecular complexity index is 1510. The molecule has 0 saturated heterocycles. The molecule has 1 unspecified atom stereocenters. The number of thiazole rings is 1. The molecule has 6 rings (SSSR count). The van der Waals surface area contributed by atoms with E-state index in [2.05, 4.69) is 15.4 Å². The summed E-state index contributed by atoms with van der Waals surface area (Å²) in [5, 5.41) is 4.05. The Morgan fingerprint density at radius 1 is 1.17 bits per heavy atom. The highest BCUT2D eigenvalue weighted by Gasteiger charge is 2.25. The molecule has 0 spiro atoms. The second-order valence-corrected chi connectivity index (χ2v) is 9.54. The lowest BCUT2D eigenvalue weighted by molar-refractivity contribution is 0.187. The lowest BCUT2D eigenvalue weighted by atomic mass is 10.2. The van der Waals surface area contributed by atoms with Crippen LogP contribution in [0.5, 0.6) is 11.5 Å². The first-order valence-electron chi connectivity index (χ1n) is 10.6. The number of imidazole rings is 1. The van der Waals surface area contributed by atoms with E-state index < -0.39 is 0 Å². The van der Waals surface area contributed by atoms with E-state index in [1.807, 2.05) is 28.4 Å². The predicted octanol–water partition coefficient (Wildman–Crippen LogP) is 5.73. The molecule has 0 saturated carbocycles. The highest BCUT2D eigenvalue weighted by molar-refractivity contribution is 7.99. The summed E-state index contributed by atoms with van der Waals surface area (Å²) in [6, 6.07) is 12.1. The Balaban J connectivity index is 1.27. The number of halogens is 1. The van der Waals surface area contributed by atoms with Gasteiger partial charge in [-0.15, -0.1) is 11.3 Å². The van der Waals surface area contributed by atoms with Crippen LogP contribution in [0.15, 0.2) is 63.6 Å². The van der Waals surface area contributed by atoms with Crippen molar-refractivity contribution in [1.29, 1.82) is 0 Å². The average Bonchev–Trinajstić information content (AvgIpc) is 3.64. The van der Waals surface area contributed by atoms with Crippen molar-refractivity contribution >= 4 is 34.1 Å². The van der Waals surface area contributed by atoms with E-state index >= 15 is 0 Å². The molecule has 35 heavy (non-hydrogen) atoms. The van der Waals surface area contributed by atoms with Crippen LogP contribution in [0.3, 0.4) is 0 Å². The van der Waals surface area contributed by atoms with Crippen molar-refractivity contribution in [3.63, 3.8) is 0 Å². The summed E-state index contributed by atoms with van der Waals surface area (Å²) >= 11 is 2.85. The molecule has 3 aromatic heterocycles. The number of nitrogens with one attached hydrogen (secondary N) is 1. The number of thioether (sulfide) groups is 1. The van der Waals surface area contributed by atoms with Gasteiger partial charge in [-0.05, 0) is 30.0 Å². The van der Waals surface area contributed by atoms with Crippen LogP contribution >= 0.6 is 23.1 Å². The SMILES string of the molecule is COc1cc(OCc2csc(-c3ccccc3F)n2)c2cc(-c3cn4c(n3)SC(OC)N4)oc2c1. The van der Waals surface area contributed by atoms with E-state index in [4.69, 9.17) is 18.6 Å². The second-order valence-electron chi connectivity index (χ2n) is 7.65. The Labute approximate surface area is 207 Å². The van der Waals surface area contributed by atoms with Crippen molar-refractivity contribution in [1.82, 2.24) is 14.6 Å². The van der Waals surface area contributed by atoms with Gasteiger partial charge in [-0.25, -0.2) is 19.0 Å². The quantitative estimate of drug-likeness (QED) is 0.297. The highest BCUT2D eigenvalue weighted by atomic mass is 32.2. The van der Waals surface area contributed by atoms with Crippen LogP contribution in [0.25, 0.3) is 33.0 Å². The summed E-state index contributed by atoms with van der Waals surface area (Å²) in [6.45, 7) is 0.214. The van der Waals surface area contributed by atoms with Crippen molar-refractivity contribution in [2.24, 2.45) is 0 Å². The van der Waals surface area contributed by atoms with Gasteiger partial charge in [0.15, 0.2) is 16.5 Å². The number of furan rings is 1. The molecule has 0 amide bonds. The zero-order valence-corrected chi connectivity index (χ0v) is 20.3. The number of methoxy groups -OCH3 is 2. The summed E-state index contributed by atoms with van der Waals surface area (Å²) in [4.78, 5) is 9.18. The van der Waals surface area contributed by atoms with Crippen LogP contribution in [0.2, 0.25) is 0 Å². The first-order chi connectivity index (χ1) is 17.1. The zero-order valence-electron chi connectivity index (χ0n) is 18.6. The third-order valence-electron chi connectivity index (χ3n) is 5.44. The van der Waals surface area contributed by atoms with E-state index in [0.717, 1.165) is 10.5 Å². The van der Waals surface area contributed by atoms with Gasteiger partial charge in [0, 0.05) is 30.2 Å². The molecular weight excluding hydrogens is 491 g/mol. The fraction of sp³-hybridized carbons (Fsp3) is 0.167.